The minimum Gasteiger partial charge on any atom is -0.497 e. The first-order valence-electron chi connectivity index (χ1n) is 9.86. The number of methoxy groups -OCH3 is 2. The van der Waals surface area contributed by atoms with Gasteiger partial charge in [-0.2, -0.15) is 5.10 Å². The van der Waals surface area contributed by atoms with E-state index in [-0.39, 0.29) is 22.1 Å². The van der Waals surface area contributed by atoms with E-state index in [0.717, 1.165) is 11.3 Å². The number of hydrogen-bond acceptors (Lipinski definition) is 8. The number of halogens is 1. The lowest BCUT2D eigenvalue weighted by molar-refractivity contribution is 0.395. The van der Waals surface area contributed by atoms with Gasteiger partial charge in [-0.3, -0.25) is 9.48 Å². The van der Waals surface area contributed by atoms with Crippen LogP contribution in [0.15, 0.2) is 35.5 Å². The van der Waals surface area contributed by atoms with Gasteiger partial charge in [0.25, 0.3) is 5.56 Å². The van der Waals surface area contributed by atoms with Gasteiger partial charge >= 0.3 is 0 Å². The van der Waals surface area contributed by atoms with Crippen LogP contribution in [0.25, 0.3) is 33.9 Å². The lowest BCUT2D eigenvalue weighted by atomic mass is 10.1. The van der Waals surface area contributed by atoms with Gasteiger partial charge in [0.05, 0.1) is 36.8 Å². The quantitative estimate of drug-likeness (QED) is 0.475. The Labute approximate surface area is 194 Å². The summed E-state index contributed by atoms with van der Waals surface area (Å²) in [7, 11) is 6.43. The predicted molar refractivity (Wildman–Crippen MR) is 125 cm³/mol. The van der Waals surface area contributed by atoms with Crippen molar-refractivity contribution in [2.24, 2.45) is 14.1 Å². The van der Waals surface area contributed by atoms with Crippen LogP contribution >= 0.6 is 11.6 Å². The van der Waals surface area contributed by atoms with Crippen LogP contribution in [0.3, 0.4) is 0 Å². The Balaban J connectivity index is 1.94. The number of ether oxygens (including phenoxy) is 2. The zero-order valence-corrected chi connectivity index (χ0v) is 19.5. The summed E-state index contributed by atoms with van der Waals surface area (Å²) in [4.78, 5) is 26.6. The molecule has 0 radical (unpaired) electrons. The average molecular weight is 468 g/mol. The van der Waals surface area contributed by atoms with Crippen LogP contribution in [0.1, 0.15) is 5.69 Å². The molecule has 4 rings (SSSR count). The molecule has 0 aliphatic heterocycles. The third-order valence-electron chi connectivity index (χ3n) is 5.13. The molecule has 3 heterocycles. The monoisotopic (exact) mass is 467 g/mol. The summed E-state index contributed by atoms with van der Waals surface area (Å²) in [6.07, 6.45) is 4.98. The van der Waals surface area contributed by atoms with E-state index in [9.17, 15) is 4.79 Å². The lowest BCUT2D eigenvalue weighted by Crippen LogP contribution is -2.21. The second-order valence-corrected chi connectivity index (χ2v) is 7.75. The number of nitrogen functional groups attached to an aromatic ring is 1. The number of rotatable bonds is 5. The average Bonchev–Trinajstić information content (AvgIpc) is 3.14. The van der Waals surface area contributed by atoms with E-state index in [1.807, 2.05) is 20.2 Å². The van der Waals surface area contributed by atoms with E-state index >= 15 is 0 Å². The molecule has 11 heteroatoms. The van der Waals surface area contributed by atoms with Crippen molar-refractivity contribution in [3.63, 3.8) is 0 Å². The number of aryl methyl sites for hydroxylation is 3. The van der Waals surface area contributed by atoms with Crippen molar-refractivity contribution in [3.8, 4) is 45.4 Å². The van der Waals surface area contributed by atoms with E-state index in [0.29, 0.717) is 34.1 Å². The van der Waals surface area contributed by atoms with Gasteiger partial charge < -0.3 is 19.8 Å². The van der Waals surface area contributed by atoms with Gasteiger partial charge in [-0.1, -0.05) is 11.6 Å². The highest BCUT2D eigenvalue weighted by Gasteiger charge is 2.20. The normalized spacial score (nSPS) is 11.0. The fourth-order valence-electron chi connectivity index (χ4n) is 3.47. The summed E-state index contributed by atoms with van der Waals surface area (Å²) in [5, 5.41) is 4.59. The van der Waals surface area contributed by atoms with Crippen LogP contribution in [0.4, 0.5) is 5.82 Å². The highest BCUT2D eigenvalue weighted by Crippen LogP contribution is 2.38. The van der Waals surface area contributed by atoms with Crippen LogP contribution in [0, 0.1) is 6.92 Å². The van der Waals surface area contributed by atoms with Crippen molar-refractivity contribution in [2.45, 2.75) is 6.92 Å². The Morgan fingerprint density at radius 1 is 1.00 bits per heavy atom. The zero-order valence-electron chi connectivity index (χ0n) is 18.8. The summed E-state index contributed by atoms with van der Waals surface area (Å²) in [6, 6.07) is 3.26. The van der Waals surface area contributed by atoms with Crippen molar-refractivity contribution < 1.29 is 9.47 Å². The maximum Gasteiger partial charge on any atom is 0.276 e. The first-order valence-corrected chi connectivity index (χ1v) is 10.2. The first-order chi connectivity index (χ1) is 15.7. The molecule has 0 saturated carbocycles. The Bertz CT molecular complexity index is 1430. The van der Waals surface area contributed by atoms with E-state index in [1.165, 1.54) is 18.8 Å². The van der Waals surface area contributed by atoms with Gasteiger partial charge in [-0.05, 0) is 13.0 Å². The molecule has 0 aliphatic rings. The van der Waals surface area contributed by atoms with E-state index in [2.05, 4.69) is 20.1 Å². The highest BCUT2D eigenvalue weighted by atomic mass is 35.5. The van der Waals surface area contributed by atoms with Gasteiger partial charge in [0.2, 0.25) is 0 Å². The van der Waals surface area contributed by atoms with E-state index in [1.54, 1.807) is 36.3 Å². The van der Waals surface area contributed by atoms with Gasteiger partial charge in [0.15, 0.2) is 5.82 Å². The van der Waals surface area contributed by atoms with E-state index in [4.69, 9.17) is 26.8 Å². The molecule has 2 N–H and O–H groups in total. The zero-order chi connectivity index (χ0) is 23.9. The smallest absolute Gasteiger partial charge is 0.276 e. The molecular formula is C22H22ClN7O3. The van der Waals surface area contributed by atoms with Gasteiger partial charge in [-0.15, -0.1) is 0 Å². The Morgan fingerprint density at radius 3 is 2.36 bits per heavy atom. The fraction of sp³-hybridized carbons (Fsp3) is 0.227. The van der Waals surface area contributed by atoms with Crippen LogP contribution in [0.2, 0.25) is 5.02 Å². The third-order valence-corrected chi connectivity index (χ3v) is 5.52. The van der Waals surface area contributed by atoms with Gasteiger partial charge in [0, 0.05) is 43.7 Å². The molecule has 0 aliphatic carbocycles. The van der Waals surface area contributed by atoms with Crippen molar-refractivity contribution in [1.29, 1.82) is 0 Å². The fourth-order valence-corrected chi connectivity index (χ4v) is 3.75. The first kappa shape index (κ1) is 22.3. The summed E-state index contributed by atoms with van der Waals surface area (Å²) < 4.78 is 13.8. The molecule has 0 fully saturated rings. The van der Waals surface area contributed by atoms with Gasteiger partial charge in [0.1, 0.15) is 28.6 Å². The summed E-state index contributed by atoms with van der Waals surface area (Å²) in [5.74, 6) is 0.995. The predicted octanol–water partition coefficient (Wildman–Crippen LogP) is 2.87. The Hall–Kier alpha value is -3.92. The van der Waals surface area contributed by atoms with Crippen molar-refractivity contribution in [1.82, 2.24) is 29.3 Å². The number of nitrogens with zero attached hydrogens (tertiary/aromatic N) is 6. The number of anilines is 1. The second-order valence-electron chi connectivity index (χ2n) is 7.37. The molecule has 10 nitrogen and oxygen atoms in total. The number of nitrogens with two attached hydrogens (primary N) is 1. The number of hydrogen-bond donors (Lipinski definition) is 1. The van der Waals surface area contributed by atoms with E-state index < -0.39 is 0 Å². The van der Waals surface area contributed by atoms with Crippen molar-refractivity contribution in [2.75, 3.05) is 20.0 Å². The topological polar surface area (TPSA) is 123 Å². The summed E-state index contributed by atoms with van der Waals surface area (Å²) in [5.41, 5.74) is 9.15. The van der Waals surface area contributed by atoms with Crippen LogP contribution in [-0.4, -0.2) is 43.5 Å². The maximum atomic E-state index is 13.0. The summed E-state index contributed by atoms with van der Waals surface area (Å²) >= 11 is 6.52. The molecule has 0 amide bonds. The SMILES string of the molecule is COc1cc(OC)c(Cl)c(-c2nc(-c3nc(-c4cn(C)nc4C)cnc3N)cn(C)c2=O)c1. The Morgan fingerprint density at radius 2 is 1.73 bits per heavy atom. The molecule has 1 aromatic carbocycles. The second kappa shape index (κ2) is 8.55. The largest absolute Gasteiger partial charge is 0.497 e. The maximum absolute atomic E-state index is 13.0. The minimum absolute atomic E-state index is 0.0985. The van der Waals surface area contributed by atoms with Crippen LogP contribution < -0.4 is 20.8 Å². The van der Waals surface area contributed by atoms with Gasteiger partial charge in [-0.25, -0.2) is 15.0 Å². The molecule has 0 atom stereocenters. The Kier molecular flexibility index (Phi) is 5.77. The molecular weight excluding hydrogens is 446 g/mol. The standard InChI is InChI=1S/C22H22ClN7O3/c1-11-14(9-30(3)28-11)15-8-25-21(24)20(26-15)16-10-29(2)22(31)19(27-16)13-6-12(32-4)7-17(33-5)18(13)23/h6-10H,1-5H3,(H2,24,25). The van der Waals surface area contributed by atoms with Crippen molar-refractivity contribution in [3.05, 3.63) is 51.8 Å². The molecule has 170 valence electrons. The van der Waals surface area contributed by atoms with Crippen LogP contribution in [0.5, 0.6) is 11.5 Å². The molecule has 0 unspecified atom stereocenters. The van der Waals surface area contributed by atoms with Crippen molar-refractivity contribution >= 4 is 17.4 Å². The van der Waals surface area contributed by atoms with Crippen LogP contribution in [-0.2, 0) is 14.1 Å². The minimum atomic E-state index is -0.359. The number of aromatic nitrogens is 6. The summed E-state index contributed by atoms with van der Waals surface area (Å²) in [6.45, 7) is 1.88. The number of benzene rings is 1. The molecule has 3 aromatic heterocycles. The lowest BCUT2D eigenvalue weighted by Gasteiger charge is -2.13. The molecule has 0 saturated heterocycles. The molecule has 0 bridgehead atoms. The molecule has 4 aromatic rings. The molecule has 0 spiro atoms. The third kappa shape index (κ3) is 4.00. The molecule has 33 heavy (non-hydrogen) atoms. The highest BCUT2D eigenvalue weighted by molar-refractivity contribution is 6.34.